The first-order valence-corrected chi connectivity index (χ1v) is 8.48. The van der Waals surface area contributed by atoms with Crippen molar-refractivity contribution in [3.8, 4) is 6.07 Å². The van der Waals surface area contributed by atoms with Gasteiger partial charge in [0.05, 0.1) is 0 Å². The van der Waals surface area contributed by atoms with Gasteiger partial charge in [-0.2, -0.15) is 5.26 Å². The van der Waals surface area contributed by atoms with E-state index in [1.54, 1.807) is 12.4 Å². The molecule has 2 aliphatic heterocycles. The number of aromatic nitrogens is 2. The third kappa shape index (κ3) is 2.44. The average Bonchev–Trinajstić information content (AvgIpc) is 3.03. The van der Waals surface area contributed by atoms with Crippen LogP contribution in [0.25, 0.3) is 0 Å². The smallest absolute Gasteiger partial charge is 0.226 e. The van der Waals surface area contributed by atoms with Gasteiger partial charge in [-0.25, -0.2) is 9.97 Å². The van der Waals surface area contributed by atoms with Gasteiger partial charge in [-0.3, -0.25) is 4.79 Å². The largest absolute Gasteiger partial charge is 0.354 e. The number of rotatable bonds is 2. The Morgan fingerprint density at radius 2 is 1.87 bits per heavy atom. The second-order valence-electron chi connectivity index (χ2n) is 6.98. The van der Waals surface area contributed by atoms with Gasteiger partial charge in [-0.1, -0.05) is 0 Å². The van der Waals surface area contributed by atoms with Crippen LogP contribution < -0.4 is 4.90 Å². The minimum absolute atomic E-state index is 0.213. The van der Waals surface area contributed by atoms with E-state index in [1.165, 1.54) is 0 Å². The van der Waals surface area contributed by atoms with Crippen molar-refractivity contribution in [1.82, 2.24) is 14.9 Å². The van der Waals surface area contributed by atoms with E-state index in [0.717, 1.165) is 58.3 Å². The molecule has 120 valence electrons. The molecular weight excluding hydrogens is 290 g/mol. The second-order valence-corrected chi connectivity index (χ2v) is 6.98. The zero-order valence-corrected chi connectivity index (χ0v) is 13.2. The predicted molar refractivity (Wildman–Crippen MR) is 84.5 cm³/mol. The van der Waals surface area contributed by atoms with Gasteiger partial charge in [0.1, 0.15) is 6.07 Å². The maximum Gasteiger partial charge on any atom is 0.226 e. The van der Waals surface area contributed by atoms with E-state index in [2.05, 4.69) is 25.8 Å². The average molecular weight is 311 g/mol. The van der Waals surface area contributed by atoms with E-state index >= 15 is 0 Å². The number of anilines is 1. The molecule has 0 radical (unpaired) electrons. The minimum Gasteiger partial charge on any atom is -0.354 e. The Bertz CT molecular complexity index is 653. The summed E-state index contributed by atoms with van der Waals surface area (Å²) in [5.74, 6) is 1.31. The highest BCUT2D eigenvalue weighted by molar-refractivity contribution is 5.83. The summed E-state index contributed by atoms with van der Waals surface area (Å²) in [5.41, 5.74) is 0.606. The van der Waals surface area contributed by atoms with Gasteiger partial charge < -0.3 is 9.80 Å². The molecule has 1 spiro atoms. The van der Waals surface area contributed by atoms with E-state index in [-0.39, 0.29) is 11.3 Å². The highest BCUT2D eigenvalue weighted by Crippen LogP contribution is 2.60. The lowest BCUT2D eigenvalue weighted by molar-refractivity contribution is -0.132. The van der Waals surface area contributed by atoms with Crippen LogP contribution in [0, 0.1) is 22.7 Å². The molecule has 0 N–H and O–H groups in total. The summed E-state index contributed by atoms with van der Waals surface area (Å²) in [6.45, 7) is 3.61. The molecule has 1 aromatic heterocycles. The van der Waals surface area contributed by atoms with E-state index < -0.39 is 0 Å². The quantitative estimate of drug-likeness (QED) is 0.829. The van der Waals surface area contributed by atoms with Crippen molar-refractivity contribution in [2.45, 2.75) is 32.1 Å². The topological polar surface area (TPSA) is 73.1 Å². The summed E-state index contributed by atoms with van der Waals surface area (Å²) in [5, 5.41) is 9.17. The van der Waals surface area contributed by atoms with Crippen LogP contribution in [0.1, 0.15) is 37.8 Å². The molecule has 3 aliphatic rings. The number of carbonyl (C=O) groups is 1. The van der Waals surface area contributed by atoms with Gasteiger partial charge in [-0.05, 0) is 37.5 Å². The fraction of sp³-hybridized carbons (Fsp3) is 0.647. The zero-order chi connectivity index (χ0) is 15.9. The van der Waals surface area contributed by atoms with Crippen molar-refractivity contribution in [3.05, 3.63) is 18.1 Å². The van der Waals surface area contributed by atoms with Gasteiger partial charge in [0.15, 0.2) is 11.5 Å². The number of likely N-dealkylation sites (tertiary alicyclic amines) is 1. The third-order valence-corrected chi connectivity index (χ3v) is 5.75. The molecule has 0 bridgehead atoms. The first-order valence-electron chi connectivity index (χ1n) is 8.48. The molecule has 6 nitrogen and oxygen atoms in total. The van der Waals surface area contributed by atoms with Crippen LogP contribution in [-0.4, -0.2) is 47.0 Å². The number of amides is 1. The maximum absolute atomic E-state index is 12.6. The Hall–Kier alpha value is -2.16. The Labute approximate surface area is 136 Å². The van der Waals surface area contributed by atoms with Crippen LogP contribution in [0.4, 0.5) is 5.82 Å². The Balaban J connectivity index is 1.40. The third-order valence-electron chi connectivity index (χ3n) is 5.75. The molecule has 6 heteroatoms. The van der Waals surface area contributed by atoms with Crippen LogP contribution in [0.5, 0.6) is 0 Å². The van der Waals surface area contributed by atoms with Crippen molar-refractivity contribution < 1.29 is 4.79 Å². The summed E-state index contributed by atoms with van der Waals surface area (Å²) in [6.07, 6.45) is 8.57. The predicted octanol–water partition coefficient (Wildman–Crippen LogP) is 1.58. The SMILES string of the molecule is N#Cc1nccnc1N1CCC2(CC1)CC2C(=O)N1CCCC1. The van der Waals surface area contributed by atoms with Crippen molar-refractivity contribution in [1.29, 1.82) is 5.26 Å². The lowest BCUT2D eigenvalue weighted by Crippen LogP contribution is -2.38. The molecule has 1 aromatic rings. The summed E-state index contributed by atoms with van der Waals surface area (Å²) < 4.78 is 0. The second kappa shape index (κ2) is 5.48. The molecule has 1 unspecified atom stereocenters. The number of hydrogen-bond acceptors (Lipinski definition) is 5. The number of carbonyl (C=O) groups excluding carboxylic acids is 1. The summed E-state index contributed by atoms with van der Waals surface area (Å²) in [6, 6.07) is 2.12. The Kier molecular flexibility index (Phi) is 3.44. The lowest BCUT2D eigenvalue weighted by Gasteiger charge is -2.34. The summed E-state index contributed by atoms with van der Waals surface area (Å²) in [7, 11) is 0. The number of nitriles is 1. The molecule has 1 atom stereocenters. The van der Waals surface area contributed by atoms with Crippen molar-refractivity contribution in [3.63, 3.8) is 0 Å². The van der Waals surface area contributed by atoms with E-state index in [1.807, 2.05) is 0 Å². The molecule has 1 aliphatic carbocycles. The van der Waals surface area contributed by atoms with Crippen LogP contribution in [-0.2, 0) is 4.79 Å². The monoisotopic (exact) mass is 311 g/mol. The zero-order valence-electron chi connectivity index (χ0n) is 13.2. The fourth-order valence-electron chi connectivity index (χ4n) is 4.21. The highest BCUT2D eigenvalue weighted by atomic mass is 16.2. The van der Waals surface area contributed by atoms with E-state index in [0.29, 0.717) is 17.4 Å². The van der Waals surface area contributed by atoms with Crippen molar-refractivity contribution in [2.75, 3.05) is 31.1 Å². The number of piperidine rings is 1. The first kappa shape index (κ1) is 14.4. The van der Waals surface area contributed by atoms with Gasteiger partial charge in [0.2, 0.25) is 5.91 Å². The number of nitrogens with zero attached hydrogens (tertiary/aromatic N) is 5. The van der Waals surface area contributed by atoms with Gasteiger partial charge in [0, 0.05) is 44.5 Å². The van der Waals surface area contributed by atoms with Crippen molar-refractivity contribution in [2.24, 2.45) is 11.3 Å². The maximum atomic E-state index is 12.6. The molecule has 3 heterocycles. The standard InChI is InChI=1S/C17H21N5O/c18-12-14-15(20-6-5-19-14)21-9-3-17(4-10-21)11-13(17)16(23)22-7-1-2-8-22/h5-6,13H,1-4,7-11H2. The van der Waals surface area contributed by atoms with Crippen LogP contribution in [0.3, 0.4) is 0 Å². The molecule has 23 heavy (non-hydrogen) atoms. The summed E-state index contributed by atoms with van der Waals surface area (Å²) in [4.78, 5) is 25.2. The van der Waals surface area contributed by atoms with Crippen molar-refractivity contribution >= 4 is 11.7 Å². The van der Waals surface area contributed by atoms with Crippen LogP contribution >= 0.6 is 0 Å². The van der Waals surface area contributed by atoms with E-state index in [4.69, 9.17) is 0 Å². The van der Waals surface area contributed by atoms with E-state index in [9.17, 15) is 10.1 Å². The van der Waals surface area contributed by atoms with Crippen LogP contribution in [0.2, 0.25) is 0 Å². The molecule has 1 amide bonds. The Morgan fingerprint density at radius 3 is 2.57 bits per heavy atom. The molecule has 2 saturated heterocycles. The minimum atomic E-state index is 0.213. The van der Waals surface area contributed by atoms with Gasteiger partial charge in [0.25, 0.3) is 0 Å². The lowest BCUT2D eigenvalue weighted by atomic mass is 9.90. The summed E-state index contributed by atoms with van der Waals surface area (Å²) >= 11 is 0. The van der Waals surface area contributed by atoms with Crippen LogP contribution in [0.15, 0.2) is 12.4 Å². The number of hydrogen-bond donors (Lipinski definition) is 0. The fourth-order valence-corrected chi connectivity index (χ4v) is 4.21. The Morgan fingerprint density at radius 1 is 1.17 bits per heavy atom. The van der Waals surface area contributed by atoms with Gasteiger partial charge >= 0.3 is 0 Å². The highest BCUT2D eigenvalue weighted by Gasteiger charge is 2.59. The molecule has 1 saturated carbocycles. The normalized spacial score (nSPS) is 25.4. The molecule has 3 fully saturated rings. The first-order chi connectivity index (χ1) is 11.2. The molecule has 0 aromatic carbocycles. The molecule has 4 rings (SSSR count). The molecular formula is C17H21N5O. The van der Waals surface area contributed by atoms with Gasteiger partial charge in [-0.15, -0.1) is 0 Å².